The van der Waals surface area contributed by atoms with Crippen LogP contribution in [-0.4, -0.2) is 42.1 Å². The van der Waals surface area contributed by atoms with Gasteiger partial charge in [-0.15, -0.1) is 11.3 Å². The standard InChI is InChI=1S/C20H26N4O2S/c1-4-17-20(23(5-2)10-11-26-3)24-14-15(8-9-18(24)22-17)19(25)21-13-16-7-6-12-27-16/h6-9,12,14H,4-5,10-11,13H2,1-3H3,(H,21,25). The third-order valence-corrected chi connectivity index (χ3v) is 5.39. The Morgan fingerprint density at radius 3 is 2.85 bits per heavy atom. The minimum Gasteiger partial charge on any atom is -0.383 e. The zero-order valence-electron chi connectivity index (χ0n) is 16.1. The summed E-state index contributed by atoms with van der Waals surface area (Å²) in [6.45, 7) is 7.03. The van der Waals surface area contributed by atoms with Crippen molar-refractivity contribution in [3.8, 4) is 0 Å². The number of hydrogen-bond donors (Lipinski definition) is 1. The summed E-state index contributed by atoms with van der Waals surface area (Å²) in [6.07, 6.45) is 2.72. The smallest absolute Gasteiger partial charge is 0.253 e. The summed E-state index contributed by atoms with van der Waals surface area (Å²) in [4.78, 5) is 20.7. The van der Waals surface area contributed by atoms with Gasteiger partial charge in [-0.1, -0.05) is 13.0 Å². The highest BCUT2D eigenvalue weighted by atomic mass is 32.1. The fourth-order valence-corrected chi connectivity index (χ4v) is 3.73. The van der Waals surface area contributed by atoms with Crippen LogP contribution in [0.1, 0.15) is 34.8 Å². The minimum atomic E-state index is -0.0806. The van der Waals surface area contributed by atoms with Gasteiger partial charge in [-0.2, -0.15) is 0 Å². The SMILES string of the molecule is CCc1nc2ccc(C(=O)NCc3cccs3)cn2c1N(CC)CCOC. The van der Waals surface area contributed by atoms with Crippen LogP contribution in [0.2, 0.25) is 0 Å². The number of thiophene rings is 1. The number of imidazole rings is 1. The van der Waals surface area contributed by atoms with Crippen molar-refractivity contribution in [2.75, 3.05) is 31.7 Å². The zero-order valence-corrected chi connectivity index (χ0v) is 16.9. The van der Waals surface area contributed by atoms with Crippen molar-refractivity contribution in [3.05, 3.63) is 52.0 Å². The Hall–Kier alpha value is -2.38. The number of rotatable bonds is 9. The highest BCUT2D eigenvalue weighted by Gasteiger charge is 2.18. The van der Waals surface area contributed by atoms with E-state index in [9.17, 15) is 4.79 Å². The molecule has 6 nitrogen and oxygen atoms in total. The van der Waals surface area contributed by atoms with Crippen molar-refractivity contribution >= 4 is 28.7 Å². The second-order valence-corrected chi connectivity index (χ2v) is 7.25. The number of aromatic nitrogens is 2. The summed E-state index contributed by atoms with van der Waals surface area (Å²) >= 11 is 1.64. The molecule has 3 heterocycles. The van der Waals surface area contributed by atoms with E-state index in [-0.39, 0.29) is 5.91 Å². The molecule has 27 heavy (non-hydrogen) atoms. The topological polar surface area (TPSA) is 58.9 Å². The van der Waals surface area contributed by atoms with Crippen molar-refractivity contribution in [2.45, 2.75) is 26.8 Å². The molecule has 0 aliphatic carbocycles. The average Bonchev–Trinajstić information content (AvgIpc) is 3.34. The summed E-state index contributed by atoms with van der Waals surface area (Å²) < 4.78 is 7.28. The van der Waals surface area contributed by atoms with E-state index in [0.717, 1.165) is 41.5 Å². The fraction of sp³-hybridized carbons (Fsp3) is 0.400. The van der Waals surface area contributed by atoms with E-state index < -0.39 is 0 Å². The van der Waals surface area contributed by atoms with Gasteiger partial charge in [-0.05, 0) is 36.9 Å². The number of ether oxygens (including phenoxy) is 1. The number of methoxy groups -OCH3 is 1. The highest BCUT2D eigenvalue weighted by Crippen LogP contribution is 2.24. The Balaban J connectivity index is 1.90. The lowest BCUT2D eigenvalue weighted by Gasteiger charge is -2.23. The zero-order chi connectivity index (χ0) is 19.2. The molecule has 3 aromatic heterocycles. The largest absolute Gasteiger partial charge is 0.383 e. The second-order valence-electron chi connectivity index (χ2n) is 6.22. The number of likely N-dealkylation sites (N-methyl/N-ethyl adjacent to an activating group) is 1. The van der Waals surface area contributed by atoms with Crippen LogP contribution < -0.4 is 10.2 Å². The molecule has 0 saturated carbocycles. The molecule has 1 N–H and O–H groups in total. The number of fused-ring (bicyclic) bond motifs is 1. The Morgan fingerprint density at radius 1 is 1.33 bits per heavy atom. The first-order chi connectivity index (χ1) is 13.2. The second kappa shape index (κ2) is 9.01. The normalized spacial score (nSPS) is 11.1. The molecule has 0 bridgehead atoms. The Kier molecular flexibility index (Phi) is 6.47. The van der Waals surface area contributed by atoms with Gasteiger partial charge in [0.05, 0.1) is 24.4 Å². The molecular weight excluding hydrogens is 360 g/mol. The summed E-state index contributed by atoms with van der Waals surface area (Å²) in [5.41, 5.74) is 2.51. The number of pyridine rings is 1. The number of anilines is 1. The first kappa shape index (κ1) is 19.4. The van der Waals surface area contributed by atoms with Crippen LogP contribution in [0.3, 0.4) is 0 Å². The number of nitrogens with zero attached hydrogens (tertiary/aromatic N) is 3. The maximum Gasteiger partial charge on any atom is 0.253 e. The van der Waals surface area contributed by atoms with Gasteiger partial charge >= 0.3 is 0 Å². The lowest BCUT2D eigenvalue weighted by molar-refractivity contribution is 0.0951. The fourth-order valence-electron chi connectivity index (χ4n) is 3.09. The van der Waals surface area contributed by atoms with Gasteiger partial charge in [0.2, 0.25) is 0 Å². The Morgan fingerprint density at radius 2 is 2.19 bits per heavy atom. The first-order valence-corrected chi connectivity index (χ1v) is 10.1. The van der Waals surface area contributed by atoms with Crippen molar-refractivity contribution < 1.29 is 9.53 Å². The summed E-state index contributed by atoms with van der Waals surface area (Å²) in [7, 11) is 1.71. The van der Waals surface area contributed by atoms with Gasteiger partial charge in [-0.25, -0.2) is 4.98 Å². The van der Waals surface area contributed by atoms with Gasteiger partial charge < -0.3 is 15.0 Å². The Labute approximate surface area is 163 Å². The van der Waals surface area contributed by atoms with Gasteiger partial charge in [0.1, 0.15) is 11.5 Å². The minimum absolute atomic E-state index is 0.0806. The van der Waals surface area contributed by atoms with Crippen LogP contribution in [-0.2, 0) is 17.7 Å². The van der Waals surface area contributed by atoms with E-state index in [4.69, 9.17) is 9.72 Å². The number of carbonyl (C=O) groups excluding carboxylic acids is 1. The molecular formula is C20H26N4O2S. The maximum atomic E-state index is 12.6. The number of nitrogens with one attached hydrogen (secondary N) is 1. The van der Waals surface area contributed by atoms with Crippen LogP contribution in [0.4, 0.5) is 5.82 Å². The van der Waals surface area contributed by atoms with Crippen LogP contribution in [0.5, 0.6) is 0 Å². The summed E-state index contributed by atoms with van der Waals surface area (Å²) in [6, 6.07) is 7.75. The number of amides is 1. The maximum absolute atomic E-state index is 12.6. The number of carbonyl (C=O) groups is 1. The lowest BCUT2D eigenvalue weighted by atomic mass is 10.2. The summed E-state index contributed by atoms with van der Waals surface area (Å²) in [5.74, 6) is 0.961. The van der Waals surface area contributed by atoms with Crippen molar-refractivity contribution in [3.63, 3.8) is 0 Å². The van der Waals surface area contributed by atoms with E-state index in [0.29, 0.717) is 18.7 Å². The average molecular weight is 387 g/mol. The van der Waals surface area contributed by atoms with Gasteiger partial charge in [0.25, 0.3) is 5.91 Å². The third-order valence-electron chi connectivity index (χ3n) is 4.51. The molecule has 0 radical (unpaired) electrons. The quantitative estimate of drug-likeness (QED) is 0.613. The molecule has 144 valence electrons. The van der Waals surface area contributed by atoms with E-state index >= 15 is 0 Å². The molecule has 0 aliphatic heterocycles. The van der Waals surface area contributed by atoms with Crippen LogP contribution in [0.15, 0.2) is 35.8 Å². The van der Waals surface area contributed by atoms with E-state index in [1.54, 1.807) is 18.4 Å². The molecule has 0 unspecified atom stereocenters. The first-order valence-electron chi connectivity index (χ1n) is 9.23. The molecule has 0 aliphatic rings. The van der Waals surface area contributed by atoms with Gasteiger partial charge in [0.15, 0.2) is 0 Å². The van der Waals surface area contributed by atoms with Crippen LogP contribution in [0, 0.1) is 0 Å². The van der Waals surface area contributed by atoms with E-state index in [1.165, 1.54) is 0 Å². The highest BCUT2D eigenvalue weighted by molar-refractivity contribution is 7.09. The molecule has 3 rings (SSSR count). The molecule has 3 aromatic rings. The molecule has 0 aromatic carbocycles. The van der Waals surface area contributed by atoms with Crippen molar-refractivity contribution in [2.24, 2.45) is 0 Å². The van der Waals surface area contributed by atoms with E-state index in [2.05, 4.69) is 24.1 Å². The molecule has 0 spiro atoms. The predicted molar refractivity (Wildman–Crippen MR) is 110 cm³/mol. The van der Waals surface area contributed by atoms with Crippen molar-refractivity contribution in [1.82, 2.24) is 14.7 Å². The van der Waals surface area contributed by atoms with Gasteiger partial charge in [0, 0.05) is 31.3 Å². The molecule has 0 fully saturated rings. The predicted octanol–water partition coefficient (Wildman–Crippen LogP) is 3.36. The molecule has 0 atom stereocenters. The lowest BCUT2D eigenvalue weighted by Crippen LogP contribution is -2.29. The molecule has 7 heteroatoms. The Bertz CT molecular complexity index is 889. The summed E-state index contributed by atoms with van der Waals surface area (Å²) in [5, 5.41) is 5.00. The third kappa shape index (κ3) is 4.31. The monoisotopic (exact) mass is 386 g/mol. The van der Waals surface area contributed by atoms with Gasteiger partial charge in [-0.3, -0.25) is 9.20 Å². The van der Waals surface area contributed by atoms with Crippen molar-refractivity contribution in [1.29, 1.82) is 0 Å². The molecule has 1 amide bonds. The number of aryl methyl sites for hydroxylation is 1. The van der Waals surface area contributed by atoms with Crippen LogP contribution in [0.25, 0.3) is 5.65 Å². The van der Waals surface area contributed by atoms with E-state index in [1.807, 2.05) is 40.2 Å². The molecule has 0 saturated heterocycles. The number of hydrogen-bond acceptors (Lipinski definition) is 5. The van der Waals surface area contributed by atoms with Crippen LogP contribution >= 0.6 is 11.3 Å².